The van der Waals surface area contributed by atoms with Crippen LogP contribution in [0.5, 0.6) is 23.1 Å². The van der Waals surface area contributed by atoms with Gasteiger partial charge in [0.1, 0.15) is 42.7 Å². The van der Waals surface area contributed by atoms with Gasteiger partial charge in [-0.2, -0.15) is 13.2 Å². The van der Waals surface area contributed by atoms with Crippen LogP contribution < -0.4 is 34.3 Å². The second kappa shape index (κ2) is 17.7. The summed E-state index contributed by atoms with van der Waals surface area (Å²) >= 11 is 0. The summed E-state index contributed by atoms with van der Waals surface area (Å²) in [5.41, 5.74) is -3.44. The lowest BCUT2D eigenvalue weighted by Gasteiger charge is -2.34. The molecule has 8 rings (SSSR count). The number of alkyl carbamates (subject to hydrolysis) is 1. The second-order valence-electron chi connectivity index (χ2n) is 19.2. The van der Waals surface area contributed by atoms with Crippen LogP contribution in [0, 0.1) is 17.8 Å². The fourth-order valence-electron chi connectivity index (χ4n) is 8.97. The van der Waals surface area contributed by atoms with Gasteiger partial charge in [-0.15, -0.1) is 0 Å². The molecule has 67 heavy (non-hydrogen) atoms. The monoisotopic (exact) mass is 955 g/mol. The number of amides is 4. The van der Waals surface area contributed by atoms with Gasteiger partial charge in [-0.1, -0.05) is 26.0 Å². The van der Waals surface area contributed by atoms with E-state index in [2.05, 4.69) is 15.4 Å². The van der Waals surface area contributed by atoms with Crippen LogP contribution in [-0.2, 0) is 29.1 Å². The number of hydrogen-bond donors (Lipinski definition) is 3. The van der Waals surface area contributed by atoms with Crippen LogP contribution in [0.4, 0.5) is 18.0 Å². The molecule has 4 amide bonds. The molecule has 16 nitrogen and oxygen atoms in total. The van der Waals surface area contributed by atoms with Crippen LogP contribution in [-0.4, -0.2) is 109 Å². The molecule has 4 heterocycles. The number of halogens is 3. The highest BCUT2D eigenvalue weighted by molar-refractivity contribution is 7.91. The zero-order valence-electron chi connectivity index (χ0n) is 38.2. The number of rotatable bonds is 9. The summed E-state index contributed by atoms with van der Waals surface area (Å²) in [6.45, 7) is 7.05. The first kappa shape index (κ1) is 47.7. The van der Waals surface area contributed by atoms with Gasteiger partial charge in [0.2, 0.25) is 33.3 Å². The number of carbonyl (C=O) groups excluding carboxylic acids is 4. The van der Waals surface area contributed by atoms with Crippen molar-refractivity contribution in [1.82, 2.24) is 25.2 Å². The van der Waals surface area contributed by atoms with Crippen molar-refractivity contribution in [2.75, 3.05) is 26.9 Å². The fourth-order valence-corrected chi connectivity index (χ4v) is 10.3. The number of methoxy groups -OCH3 is 1. The molecule has 0 bridgehead atoms. The van der Waals surface area contributed by atoms with Gasteiger partial charge >= 0.3 is 12.3 Å². The number of ether oxygens (including phenoxy) is 5. The van der Waals surface area contributed by atoms with Crippen molar-refractivity contribution in [3.05, 3.63) is 54.6 Å². The maximum atomic E-state index is 15.0. The lowest BCUT2D eigenvalue weighted by atomic mass is 9.88. The molecule has 3 N–H and O–H groups in total. The standard InChI is InChI=1S/C47H56F3N5O11S/c1-26-9-7-8-10-30-24-46(30,42(58)54-67(60,61)45(5)15-16-45)53-39(56)35-23-32(25-55(35)41(57)38(27(2)19-26)52-43(59)66-44(3,4)47(48,49)50)65-40-33-13-12-31(62-6)20-29(33)21-34(51-40)28-11-14-36-37(22-28)64-18-17-63-36/h8,10-14,20-22,26-27,30,32,35,38H,7,9,15-19,23-25H2,1-6H3,(H,52,59)(H,53,56)(H,54,58). The Morgan fingerprint density at radius 2 is 1.73 bits per heavy atom. The van der Waals surface area contributed by atoms with Crippen molar-refractivity contribution in [2.45, 2.75) is 120 Å². The molecule has 2 saturated carbocycles. The van der Waals surface area contributed by atoms with Gasteiger partial charge in [0.15, 0.2) is 11.5 Å². The molecular formula is C47H56F3N5O11S. The number of pyridine rings is 1. The molecule has 5 aliphatic rings. The number of fused-ring (bicyclic) bond motifs is 4. The van der Waals surface area contributed by atoms with Crippen LogP contribution in [0.15, 0.2) is 54.6 Å². The molecule has 362 valence electrons. The summed E-state index contributed by atoms with van der Waals surface area (Å²) in [6, 6.07) is 9.66. The molecule has 1 aromatic heterocycles. The fraction of sp³-hybridized carbons (Fsp3) is 0.553. The van der Waals surface area contributed by atoms with Gasteiger partial charge in [-0.05, 0) is 119 Å². The number of nitrogens with zero attached hydrogens (tertiary/aromatic N) is 2. The van der Waals surface area contributed by atoms with Crippen LogP contribution >= 0.6 is 0 Å². The molecule has 1 saturated heterocycles. The third-order valence-electron chi connectivity index (χ3n) is 13.7. The predicted octanol–water partition coefficient (Wildman–Crippen LogP) is 6.35. The van der Waals surface area contributed by atoms with Crippen molar-refractivity contribution in [2.24, 2.45) is 17.8 Å². The van der Waals surface area contributed by atoms with E-state index in [1.165, 1.54) is 18.9 Å². The Hall–Kier alpha value is -5.79. The van der Waals surface area contributed by atoms with Crippen LogP contribution in [0.1, 0.15) is 79.6 Å². The zero-order chi connectivity index (χ0) is 48.3. The second-order valence-corrected chi connectivity index (χ2v) is 21.4. The van der Waals surface area contributed by atoms with E-state index < -0.39 is 85.9 Å². The topological polar surface area (TPSA) is 201 Å². The first-order chi connectivity index (χ1) is 31.5. The molecular weight excluding hydrogens is 900 g/mol. The SMILES string of the molecule is COc1ccc2c(OC3CC4C(=O)NC5(C(=O)NS(=O)(=O)C6(C)CC6)CC5C=CCCC(C)CC(C)C(NC(=O)OC(C)(C)C(F)(F)F)C(=O)N4C3)nc(-c3ccc4c(c3)OCCO4)cc2c1. The minimum atomic E-state index is -4.94. The van der Waals surface area contributed by atoms with Gasteiger partial charge in [0.25, 0.3) is 5.91 Å². The van der Waals surface area contributed by atoms with Crippen molar-refractivity contribution in [3.8, 4) is 34.4 Å². The molecule has 0 spiro atoms. The number of hydrogen-bond acceptors (Lipinski definition) is 12. The third kappa shape index (κ3) is 9.68. The Labute approximate surface area is 386 Å². The normalized spacial score (nSPS) is 27.3. The highest BCUT2D eigenvalue weighted by Crippen LogP contribution is 2.48. The first-order valence-electron chi connectivity index (χ1n) is 22.5. The molecule has 3 fully saturated rings. The van der Waals surface area contributed by atoms with Gasteiger partial charge in [-0.25, -0.2) is 18.2 Å². The van der Waals surface area contributed by atoms with Gasteiger partial charge in [0, 0.05) is 23.3 Å². The number of allylic oxidation sites excluding steroid dienone is 1. The number of benzene rings is 2. The first-order valence-corrected chi connectivity index (χ1v) is 24.0. The van der Waals surface area contributed by atoms with E-state index in [0.29, 0.717) is 98.4 Å². The Balaban J connectivity index is 1.16. The van der Waals surface area contributed by atoms with E-state index in [1.54, 1.807) is 43.3 Å². The highest BCUT2D eigenvalue weighted by Gasteiger charge is 2.63. The maximum Gasteiger partial charge on any atom is 0.427 e. The van der Waals surface area contributed by atoms with E-state index >= 15 is 4.79 Å². The number of aromatic nitrogens is 1. The van der Waals surface area contributed by atoms with E-state index in [0.717, 1.165) is 0 Å². The molecule has 2 aromatic carbocycles. The van der Waals surface area contributed by atoms with Crippen LogP contribution in [0.3, 0.4) is 0 Å². The summed E-state index contributed by atoms with van der Waals surface area (Å²) in [4.78, 5) is 63.4. The van der Waals surface area contributed by atoms with Crippen molar-refractivity contribution >= 4 is 44.6 Å². The third-order valence-corrected chi connectivity index (χ3v) is 15.8. The van der Waals surface area contributed by atoms with Gasteiger partial charge < -0.3 is 39.2 Å². The van der Waals surface area contributed by atoms with E-state index in [4.69, 9.17) is 28.7 Å². The van der Waals surface area contributed by atoms with Gasteiger partial charge in [-0.3, -0.25) is 19.1 Å². The quantitative estimate of drug-likeness (QED) is 0.201. The maximum absolute atomic E-state index is 15.0. The molecule has 3 aliphatic heterocycles. The average Bonchev–Trinajstić information content (AvgIpc) is 4.15. The minimum absolute atomic E-state index is 0.0640. The highest BCUT2D eigenvalue weighted by atomic mass is 32.2. The molecule has 0 radical (unpaired) electrons. The minimum Gasteiger partial charge on any atom is -0.497 e. The molecule has 7 atom stereocenters. The Morgan fingerprint density at radius 3 is 2.43 bits per heavy atom. The number of sulfonamides is 1. The summed E-state index contributed by atoms with van der Waals surface area (Å²) in [6.07, 6.45) is -1.62. The lowest BCUT2D eigenvalue weighted by Crippen LogP contribution is -2.59. The summed E-state index contributed by atoms with van der Waals surface area (Å²) in [5.74, 6) is -2.03. The van der Waals surface area contributed by atoms with Crippen molar-refractivity contribution in [1.29, 1.82) is 0 Å². The number of alkyl halides is 3. The molecule has 3 aromatic rings. The largest absolute Gasteiger partial charge is 0.497 e. The molecule has 7 unspecified atom stereocenters. The van der Waals surface area contributed by atoms with Crippen molar-refractivity contribution < 1.29 is 64.5 Å². The lowest BCUT2D eigenvalue weighted by molar-refractivity contribution is -0.244. The summed E-state index contributed by atoms with van der Waals surface area (Å²) < 4.78 is 98.0. The smallest absolute Gasteiger partial charge is 0.427 e. The number of nitrogens with one attached hydrogen (secondary N) is 3. The van der Waals surface area contributed by atoms with E-state index in [1.807, 2.05) is 25.1 Å². The molecule has 2 aliphatic carbocycles. The van der Waals surface area contributed by atoms with Crippen LogP contribution in [0.25, 0.3) is 22.0 Å². The average molecular weight is 956 g/mol. The van der Waals surface area contributed by atoms with E-state index in [-0.39, 0.29) is 31.2 Å². The van der Waals surface area contributed by atoms with E-state index in [9.17, 15) is 36.0 Å². The Bertz CT molecular complexity index is 2600. The Morgan fingerprint density at radius 1 is 1.00 bits per heavy atom. The summed E-state index contributed by atoms with van der Waals surface area (Å²) in [5, 5.41) is 6.48. The predicted molar refractivity (Wildman–Crippen MR) is 238 cm³/mol. The zero-order valence-corrected chi connectivity index (χ0v) is 39.0. The molecule has 20 heteroatoms. The Kier molecular flexibility index (Phi) is 12.6. The number of carbonyl (C=O) groups is 4. The summed E-state index contributed by atoms with van der Waals surface area (Å²) in [7, 11) is -2.58. The van der Waals surface area contributed by atoms with Gasteiger partial charge in [0.05, 0.1) is 24.1 Å². The van der Waals surface area contributed by atoms with Crippen LogP contribution in [0.2, 0.25) is 0 Å². The van der Waals surface area contributed by atoms with Crippen molar-refractivity contribution in [3.63, 3.8) is 0 Å².